The molecule has 1 unspecified atom stereocenters. The van der Waals surface area contributed by atoms with Crippen LogP contribution in [0.25, 0.3) is 0 Å². The van der Waals surface area contributed by atoms with Crippen molar-refractivity contribution in [2.45, 2.75) is 25.4 Å². The Bertz CT molecular complexity index is 476. The number of rotatable bonds is 4. The second-order valence-corrected chi connectivity index (χ2v) is 4.47. The molecule has 0 saturated heterocycles. The summed E-state index contributed by atoms with van der Waals surface area (Å²) in [6.45, 7) is 1.81. The fourth-order valence-electron chi connectivity index (χ4n) is 1.82. The number of hydrogen-bond donors (Lipinski definition) is 1. The third-order valence-corrected chi connectivity index (χ3v) is 3.04. The van der Waals surface area contributed by atoms with E-state index in [0.29, 0.717) is 6.42 Å². The van der Waals surface area contributed by atoms with Gasteiger partial charge in [0.25, 0.3) is 0 Å². The molecule has 0 radical (unpaired) electrons. The molecule has 0 aliphatic heterocycles. The Labute approximate surface area is 101 Å². The van der Waals surface area contributed by atoms with Gasteiger partial charge >= 0.3 is 0 Å². The molecule has 90 valence electrons. The van der Waals surface area contributed by atoms with Gasteiger partial charge in [-0.2, -0.15) is 0 Å². The quantitative estimate of drug-likeness (QED) is 0.870. The van der Waals surface area contributed by atoms with Gasteiger partial charge in [0.05, 0.1) is 5.60 Å². The van der Waals surface area contributed by atoms with Crippen molar-refractivity contribution in [3.63, 3.8) is 0 Å². The lowest BCUT2D eigenvalue weighted by Crippen LogP contribution is -2.22. The average molecular weight is 231 g/mol. The van der Waals surface area contributed by atoms with Crippen molar-refractivity contribution in [2.75, 3.05) is 0 Å². The number of nitrogens with zero attached hydrogens (tertiary/aromatic N) is 3. The maximum Gasteiger partial charge on any atom is 0.108 e. The SMILES string of the molecule is Cn1ccnc1CCC(C)(O)c1cccnc1. The standard InChI is InChI=1S/C13H17N3O/c1-13(17,11-4-3-7-14-10-11)6-5-12-15-8-9-16(12)2/h3-4,7-10,17H,5-6H2,1-2H3. The molecule has 2 rings (SSSR count). The van der Waals surface area contributed by atoms with Crippen molar-refractivity contribution in [3.05, 3.63) is 48.3 Å². The Morgan fingerprint density at radius 3 is 2.82 bits per heavy atom. The number of pyridine rings is 1. The van der Waals surface area contributed by atoms with E-state index in [9.17, 15) is 5.11 Å². The molecule has 0 aliphatic rings. The fourth-order valence-corrected chi connectivity index (χ4v) is 1.82. The van der Waals surface area contributed by atoms with E-state index in [-0.39, 0.29) is 0 Å². The van der Waals surface area contributed by atoms with Crippen molar-refractivity contribution in [1.29, 1.82) is 0 Å². The fraction of sp³-hybridized carbons (Fsp3) is 0.385. The van der Waals surface area contributed by atoms with Gasteiger partial charge < -0.3 is 9.67 Å². The molecule has 0 amide bonds. The molecular weight excluding hydrogens is 214 g/mol. The van der Waals surface area contributed by atoms with E-state index in [2.05, 4.69) is 9.97 Å². The molecule has 4 nitrogen and oxygen atoms in total. The molecule has 17 heavy (non-hydrogen) atoms. The third-order valence-electron chi connectivity index (χ3n) is 3.04. The van der Waals surface area contributed by atoms with E-state index in [1.54, 1.807) is 18.6 Å². The van der Waals surface area contributed by atoms with Gasteiger partial charge in [0.15, 0.2) is 0 Å². The Balaban J connectivity index is 2.06. The molecule has 1 N–H and O–H groups in total. The molecule has 0 aromatic carbocycles. The molecule has 0 fully saturated rings. The summed E-state index contributed by atoms with van der Waals surface area (Å²) in [5.74, 6) is 0.981. The second-order valence-electron chi connectivity index (χ2n) is 4.47. The first kappa shape index (κ1) is 11.8. The summed E-state index contributed by atoms with van der Waals surface area (Å²) in [6.07, 6.45) is 8.47. The summed E-state index contributed by atoms with van der Waals surface area (Å²) >= 11 is 0. The highest BCUT2D eigenvalue weighted by Crippen LogP contribution is 2.24. The minimum atomic E-state index is -0.861. The van der Waals surface area contributed by atoms with Crippen LogP contribution in [0.15, 0.2) is 36.9 Å². The van der Waals surface area contributed by atoms with E-state index in [4.69, 9.17) is 0 Å². The predicted octanol–water partition coefficient (Wildman–Crippen LogP) is 1.66. The summed E-state index contributed by atoms with van der Waals surface area (Å²) in [5, 5.41) is 10.4. The van der Waals surface area contributed by atoms with Gasteiger partial charge in [-0.1, -0.05) is 6.07 Å². The Morgan fingerprint density at radius 2 is 2.24 bits per heavy atom. The van der Waals surface area contributed by atoms with Crippen LogP contribution in [0.4, 0.5) is 0 Å². The van der Waals surface area contributed by atoms with Crippen molar-refractivity contribution in [1.82, 2.24) is 14.5 Å². The highest BCUT2D eigenvalue weighted by atomic mass is 16.3. The zero-order valence-electron chi connectivity index (χ0n) is 10.2. The second kappa shape index (κ2) is 4.67. The van der Waals surface area contributed by atoms with E-state index in [1.165, 1.54) is 0 Å². The molecule has 0 aliphatic carbocycles. The molecule has 2 heterocycles. The van der Waals surface area contributed by atoms with E-state index in [1.807, 2.05) is 36.9 Å². The topological polar surface area (TPSA) is 50.9 Å². The molecule has 2 aromatic heterocycles. The highest BCUT2D eigenvalue weighted by molar-refractivity contribution is 5.17. The monoisotopic (exact) mass is 231 g/mol. The lowest BCUT2D eigenvalue weighted by Gasteiger charge is -2.23. The van der Waals surface area contributed by atoms with Crippen LogP contribution in [0, 0.1) is 0 Å². The first-order valence-electron chi connectivity index (χ1n) is 5.69. The Morgan fingerprint density at radius 1 is 1.41 bits per heavy atom. The number of aliphatic hydroxyl groups is 1. The van der Waals surface area contributed by atoms with E-state index in [0.717, 1.165) is 17.8 Å². The lowest BCUT2D eigenvalue weighted by atomic mass is 9.92. The number of aromatic nitrogens is 3. The van der Waals surface area contributed by atoms with Gasteiger partial charge in [-0.3, -0.25) is 4.98 Å². The average Bonchev–Trinajstić information content (AvgIpc) is 2.74. The number of hydrogen-bond acceptors (Lipinski definition) is 3. The summed E-state index contributed by atoms with van der Waals surface area (Å²) in [6, 6.07) is 3.73. The number of imidazole rings is 1. The van der Waals surface area contributed by atoms with Crippen molar-refractivity contribution in [2.24, 2.45) is 7.05 Å². The Hall–Kier alpha value is -1.68. The first-order chi connectivity index (χ1) is 8.09. The van der Waals surface area contributed by atoms with Crippen LogP contribution in [-0.4, -0.2) is 19.6 Å². The van der Waals surface area contributed by atoms with Gasteiger partial charge in [0, 0.05) is 43.8 Å². The first-order valence-corrected chi connectivity index (χ1v) is 5.69. The number of aryl methyl sites for hydroxylation is 2. The van der Waals surface area contributed by atoms with Crippen molar-refractivity contribution >= 4 is 0 Å². The molecule has 1 atom stereocenters. The van der Waals surface area contributed by atoms with Crippen molar-refractivity contribution < 1.29 is 5.11 Å². The maximum absolute atomic E-state index is 10.4. The molecule has 2 aromatic rings. The van der Waals surface area contributed by atoms with Crippen LogP contribution in [0.5, 0.6) is 0 Å². The normalized spacial score (nSPS) is 14.5. The van der Waals surface area contributed by atoms with Gasteiger partial charge in [-0.25, -0.2) is 4.98 Å². The highest BCUT2D eigenvalue weighted by Gasteiger charge is 2.23. The summed E-state index contributed by atoms with van der Waals surface area (Å²) in [5.41, 5.74) is -0.0190. The van der Waals surface area contributed by atoms with Crippen LogP contribution in [0.2, 0.25) is 0 Å². The Kier molecular flexibility index (Phi) is 3.24. The maximum atomic E-state index is 10.4. The van der Waals surface area contributed by atoms with Crippen LogP contribution in [0.1, 0.15) is 24.7 Å². The van der Waals surface area contributed by atoms with Gasteiger partial charge in [0.1, 0.15) is 5.82 Å². The van der Waals surface area contributed by atoms with Gasteiger partial charge in [-0.15, -0.1) is 0 Å². The lowest BCUT2D eigenvalue weighted by molar-refractivity contribution is 0.0470. The molecule has 0 spiro atoms. The van der Waals surface area contributed by atoms with Gasteiger partial charge in [0.2, 0.25) is 0 Å². The van der Waals surface area contributed by atoms with Gasteiger partial charge in [-0.05, 0) is 19.4 Å². The zero-order chi connectivity index (χ0) is 12.3. The summed E-state index contributed by atoms with van der Waals surface area (Å²) < 4.78 is 1.97. The molecular formula is C13H17N3O. The minimum Gasteiger partial charge on any atom is -0.385 e. The largest absolute Gasteiger partial charge is 0.385 e. The summed E-state index contributed by atoms with van der Waals surface area (Å²) in [7, 11) is 1.96. The predicted molar refractivity (Wildman–Crippen MR) is 65.3 cm³/mol. The third kappa shape index (κ3) is 2.71. The smallest absolute Gasteiger partial charge is 0.108 e. The molecule has 0 saturated carbocycles. The van der Waals surface area contributed by atoms with Crippen molar-refractivity contribution in [3.8, 4) is 0 Å². The zero-order valence-corrected chi connectivity index (χ0v) is 10.2. The summed E-state index contributed by atoms with van der Waals surface area (Å²) in [4.78, 5) is 8.28. The minimum absolute atomic E-state index is 0.629. The van der Waals surface area contributed by atoms with Crippen LogP contribution in [0.3, 0.4) is 0 Å². The van der Waals surface area contributed by atoms with Crippen LogP contribution in [-0.2, 0) is 19.1 Å². The van der Waals surface area contributed by atoms with E-state index < -0.39 is 5.60 Å². The molecule has 4 heteroatoms. The van der Waals surface area contributed by atoms with Crippen LogP contribution >= 0.6 is 0 Å². The molecule has 0 bridgehead atoms. The van der Waals surface area contributed by atoms with E-state index >= 15 is 0 Å². The van der Waals surface area contributed by atoms with Crippen LogP contribution < -0.4 is 0 Å².